The molecule has 1 saturated heterocycles. The second-order valence-corrected chi connectivity index (χ2v) is 10.8. The maximum atomic E-state index is 13.3. The highest BCUT2D eigenvalue weighted by Crippen LogP contribution is 2.34. The molecule has 0 saturated carbocycles. The van der Waals surface area contributed by atoms with Gasteiger partial charge in [0.05, 0.1) is 10.8 Å². The Morgan fingerprint density at radius 3 is 2.69 bits per heavy atom. The SMILES string of the molecule is Cc1ccc(C)c(S(=O)(=O)N2CCC[C@H](C(=O)N3CCc4cc(Br)ccc43)C2)c1. The number of carbonyl (C=O) groups is 1. The maximum Gasteiger partial charge on any atom is 0.243 e. The van der Waals surface area contributed by atoms with E-state index < -0.39 is 10.0 Å². The first-order valence-corrected chi connectivity index (χ1v) is 12.2. The van der Waals surface area contributed by atoms with E-state index in [1.165, 1.54) is 4.31 Å². The van der Waals surface area contributed by atoms with Crippen molar-refractivity contribution in [2.45, 2.75) is 38.0 Å². The van der Waals surface area contributed by atoms with E-state index in [9.17, 15) is 13.2 Å². The lowest BCUT2D eigenvalue weighted by Gasteiger charge is -2.33. The molecule has 1 amide bonds. The Morgan fingerprint density at radius 1 is 1.10 bits per heavy atom. The van der Waals surface area contributed by atoms with Crippen LogP contribution in [0.2, 0.25) is 0 Å². The number of anilines is 1. The fourth-order valence-corrected chi connectivity index (χ4v) is 6.55. The summed E-state index contributed by atoms with van der Waals surface area (Å²) in [4.78, 5) is 15.5. The quantitative estimate of drug-likeness (QED) is 0.670. The smallest absolute Gasteiger partial charge is 0.243 e. The van der Waals surface area contributed by atoms with E-state index in [0.29, 0.717) is 24.4 Å². The molecule has 0 unspecified atom stereocenters. The van der Waals surface area contributed by atoms with Gasteiger partial charge in [0.1, 0.15) is 0 Å². The summed E-state index contributed by atoms with van der Waals surface area (Å²) >= 11 is 3.48. The molecule has 0 N–H and O–H groups in total. The lowest BCUT2D eigenvalue weighted by molar-refractivity contribution is -0.123. The third-order valence-corrected chi connectivity index (χ3v) is 8.40. The summed E-state index contributed by atoms with van der Waals surface area (Å²) in [6.45, 7) is 5.08. The molecule has 5 nitrogen and oxygen atoms in total. The first kappa shape index (κ1) is 20.6. The summed E-state index contributed by atoms with van der Waals surface area (Å²) in [5.74, 6) is -0.273. The molecule has 2 aromatic carbocycles. The van der Waals surface area contributed by atoms with Gasteiger partial charge in [0.2, 0.25) is 15.9 Å². The number of hydrogen-bond acceptors (Lipinski definition) is 3. The van der Waals surface area contributed by atoms with Gasteiger partial charge in [0.15, 0.2) is 0 Å². The number of nitrogens with zero attached hydrogens (tertiary/aromatic N) is 2. The van der Waals surface area contributed by atoms with Gasteiger partial charge < -0.3 is 4.90 Å². The van der Waals surface area contributed by atoms with Gasteiger partial charge in [-0.1, -0.05) is 28.1 Å². The standard InChI is InChI=1S/C22H25BrN2O3S/c1-15-5-6-16(2)21(12-15)29(27,28)24-10-3-4-18(14-24)22(26)25-11-9-17-13-19(23)7-8-20(17)25/h5-8,12-13,18H,3-4,9-11,14H2,1-2H3/t18-/m0/s1. The zero-order valence-corrected chi connectivity index (χ0v) is 19.1. The largest absolute Gasteiger partial charge is 0.312 e. The Bertz CT molecular complexity index is 1070. The molecule has 0 aliphatic carbocycles. The predicted molar refractivity (Wildman–Crippen MR) is 118 cm³/mol. The molecular formula is C22H25BrN2O3S. The van der Waals surface area contributed by atoms with Gasteiger partial charge in [0, 0.05) is 29.8 Å². The first-order chi connectivity index (χ1) is 13.8. The minimum Gasteiger partial charge on any atom is -0.312 e. The molecule has 1 atom stereocenters. The van der Waals surface area contributed by atoms with Crippen LogP contribution in [-0.4, -0.2) is 38.3 Å². The number of amides is 1. The summed E-state index contributed by atoms with van der Waals surface area (Å²) in [7, 11) is -3.61. The summed E-state index contributed by atoms with van der Waals surface area (Å²) in [5, 5.41) is 0. The number of hydrogen-bond donors (Lipinski definition) is 0. The van der Waals surface area contributed by atoms with Crippen LogP contribution in [0, 0.1) is 19.8 Å². The summed E-state index contributed by atoms with van der Waals surface area (Å²) in [6, 6.07) is 11.5. The van der Waals surface area contributed by atoms with E-state index in [2.05, 4.69) is 22.0 Å². The number of sulfonamides is 1. The number of rotatable bonds is 3. The molecule has 154 valence electrons. The van der Waals surface area contributed by atoms with Crippen molar-refractivity contribution in [1.82, 2.24) is 4.31 Å². The Hall–Kier alpha value is -1.70. The van der Waals surface area contributed by atoms with Crippen LogP contribution in [0.5, 0.6) is 0 Å². The highest BCUT2D eigenvalue weighted by atomic mass is 79.9. The lowest BCUT2D eigenvalue weighted by atomic mass is 9.98. The van der Waals surface area contributed by atoms with Gasteiger partial charge in [-0.05, 0) is 74.1 Å². The second kappa shape index (κ2) is 7.85. The number of halogens is 1. The van der Waals surface area contributed by atoms with Gasteiger partial charge in [0.25, 0.3) is 0 Å². The number of piperidine rings is 1. The van der Waals surface area contributed by atoms with E-state index in [4.69, 9.17) is 0 Å². The van der Waals surface area contributed by atoms with Crippen molar-refractivity contribution in [2.75, 3.05) is 24.5 Å². The van der Waals surface area contributed by atoms with Crippen LogP contribution < -0.4 is 4.90 Å². The van der Waals surface area contributed by atoms with Gasteiger partial charge in [-0.25, -0.2) is 8.42 Å². The monoisotopic (exact) mass is 476 g/mol. The minimum atomic E-state index is -3.61. The van der Waals surface area contributed by atoms with Crippen molar-refractivity contribution >= 4 is 37.5 Å². The maximum absolute atomic E-state index is 13.3. The molecule has 29 heavy (non-hydrogen) atoms. The van der Waals surface area contributed by atoms with E-state index in [1.807, 2.05) is 43.0 Å². The Morgan fingerprint density at radius 2 is 1.90 bits per heavy atom. The van der Waals surface area contributed by atoms with E-state index in [1.54, 1.807) is 6.07 Å². The summed E-state index contributed by atoms with van der Waals surface area (Å²) in [5.41, 5.74) is 3.76. The van der Waals surface area contributed by atoms with Crippen LogP contribution in [-0.2, 0) is 21.2 Å². The molecule has 2 aliphatic heterocycles. The van der Waals surface area contributed by atoms with Crippen LogP contribution in [0.15, 0.2) is 45.8 Å². The first-order valence-electron chi connectivity index (χ1n) is 9.94. The molecule has 2 aromatic rings. The van der Waals surface area contributed by atoms with Crippen LogP contribution >= 0.6 is 15.9 Å². The highest BCUT2D eigenvalue weighted by molar-refractivity contribution is 9.10. The molecular weight excluding hydrogens is 452 g/mol. The fourth-order valence-electron chi connectivity index (χ4n) is 4.31. The normalized spacial score (nSPS) is 20.0. The van der Waals surface area contributed by atoms with Gasteiger partial charge in [-0.3, -0.25) is 4.79 Å². The van der Waals surface area contributed by atoms with Crippen LogP contribution in [0.4, 0.5) is 5.69 Å². The minimum absolute atomic E-state index is 0.0342. The predicted octanol–water partition coefficient (Wildman–Crippen LogP) is 4.06. The van der Waals surface area contributed by atoms with Crippen LogP contribution in [0.25, 0.3) is 0 Å². The van der Waals surface area contributed by atoms with Crippen molar-refractivity contribution < 1.29 is 13.2 Å². The average Bonchev–Trinajstić information content (AvgIpc) is 3.12. The Balaban J connectivity index is 1.56. The fraction of sp³-hybridized carbons (Fsp3) is 0.409. The molecule has 0 aromatic heterocycles. The topological polar surface area (TPSA) is 57.7 Å². The molecule has 2 heterocycles. The number of benzene rings is 2. The van der Waals surface area contributed by atoms with Gasteiger partial charge >= 0.3 is 0 Å². The zero-order chi connectivity index (χ0) is 20.8. The molecule has 1 fully saturated rings. The highest BCUT2D eigenvalue weighted by Gasteiger charge is 2.37. The number of fused-ring (bicyclic) bond motifs is 1. The molecule has 0 bridgehead atoms. The van der Waals surface area contributed by atoms with Crippen molar-refractivity contribution in [2.24, 2.45) is 5.92 Å². The van der Waals surface area contributed by atoms with Crippen LogP contribution in [0.3, 0.4) is 0 Å². The van der Waals surface area contributed by atoms with E-state index >= 15 is 0 Å². The van der Waals surface area contributed by atoms with Crippen molar-refractivity contribution in [3.8, 4) is 0 Å². The van der Waals surface area contributed by atoms with E-state index in [-0.39, 0.29) is 18.4 Å². The molecule has 2 aliphatic rings. The summed E-state index contributed by atoms with van der Waals surface area (Å²) < 4.78 is 29.1. The second-order valence-electron chi connectivity index (χ2n) is 7.98. The Kier molecular flexibility index (Phi) is 5.57. The van der Waals surface area contributed by atoms with Gasteiger partial charge in [-0.2, -0.15) is 4.31 Å². The molecule has 7 heteroatoms. The molecule has 0 radical (unpaired) electrons. The zero-order valence-electron chi connectivity index (χ0n) is 16.7. The number of carbonyl (C=O) groups excluding carboxylic acids is 1. The number of aryl methyl sites for hydroxylation is 2. The third-order valence-electron chi connectivity index (χ3n) is 5.90. The molecule has 4 rings (SSSR count). The average molecular weight is 477 g/mol. The van der Waals surface area contributed by atoms with Crippen molar-refractivity contribution in [1.29, 1.82) is 0 Å². The van der Waals surface area contributed by atoms with Crippen molar-refractivity contribution in [3.05, 3.63) is 57.6 Å². The van der Waals surface area contributed by atoms with Crippen LogP contribution in [0.1, 0.15) is 29.5 Å². The van der Waals surface area contributed by atoms with Crippen molar-refractivity contribution in [3.63, 3.8) is 0 Å². The third kappa shape index (κ3) is 3.88. The summed E-state index contributed by atoms with van der Waals surface area (Å²) in [6.07, 6.45) is 2.25. The van der Waals surface area contributed by atoms with E-state index in [0.717, 1.165) is 39.7 Å². The molecule has 0 spiro atoms. The lowest BCUT2D eigenvalue weighted by Crippen LogP contribution is -2.46. The van der Waals surface area contributed by atoms with Gasteiger partial charge in [-0.15, -0.1) is 0 Å². The Labute approximate surface area is 180 Å².